The largest absolute Gasteiger partial charge is 0.386 e. The zero-order chi connectivity index (χ0) is 17.3. The second-order valence-electron chi connectivity index (χ2n) is 6.44. The number of nitro benzene ring substituents is 1. The molecule has 25 heavy (non-hydrogen) atoms. The number of hydrogen-bond acceptors (Lipinski definition) is 4. The summed E-state index contributed by atoms with van der Waals surface area (Å²) < 4.78 is 0. The molecular formula is C20H13NO4. The molecule has 0 saturated heterocycles. The fraction of sp³-hybridized carbons (Fsp3) is 0.100. The minimum Gasteiger partial charge on any atom is -0.386 e. The van der Waals surface area contributed by atoms with Crippen LogP contribution >= 0.6 is 0 Å². The third kappa shape index (κ3) is 1.79. The number of benzene rings is 4. The smallest absolute Gasteiger partial charge is 0.277 e. The molecular weight excluding hydrogens is 318 g/mol. The molecule has 1 aliphatic rings. The topological polar surface area (TPSA) is 83.6 Å². The molecule has 5 rings (SSSR count). The molecule has 2 atom stereocenters. The van der Waals surface area contributed by atoms with Crippen molar-refractivity contribution < 1.29 is 15.1 Å². The van der Waals surface area contributed by atoms with Crippen molar-refractivity contribution in [3.63, 3.8) is 0 Å². The fourth-order valence-electron chi connectivity index (χ4n) is 3.98. The lowest BCUT2D eigenvalue weighted by Gasteiger charge is -2.24. The van der Waals surface area contributed by atoms with Crippen molar-refractivity contribution in [1.82, 2.24) is 0 Å². The Bertz CT molecular complexity index is 1210. The van der Waals surface area contributed by atoms with E-state index in [9.17, 15) is 20.3 Å². The highest BCUT2D eigenvalue weighted by molar-refractivity contribution is 6.26. The van der Waals surface area contributed by atoms with Crippen LogP contribution in [0.3, 0.4) is 0 Å². The Kier molecular flexibility index (Phi) is 2.72. The molecule has 0 saturated carbocycles. The van der Waals surface area contributed by atoms with E-state index in [2.05, 4.69) is 0 Å². The molecule has 0 unspecified atom stereocenters. The molecule has 4 aromatic carbocycles. The molecule has 0 spiro atoms. The maximum atomic E-state index is 11.4. The highest BCUT2D eigenvalue weighted by atomic mass is 16.6. The van der Waals surface area contributed by atoms with Crippen LogP contribution in [0, 0.1) is 10.1 Å². The molecule has 1 aliphatic carbocycles. The summed E-state index contributed by atoms with van der Waals surface area (Å²) in [4.78, 5) is 11.0. The van der Waals surface area contributed by atoms with Gasteiger partial charge in [-0.2, -0.15) is 0 Å². The van der Waals surface area contributed by atoms with Crippen molar-refractivity contribution >= 4 is 44.1 Å². The third-order valence-corrected chi connectivity index (χ3v) is 5.13. The van der Waals surface area contributed by atoms with Gasteiger partial charge in [0.1, 0.15) is 12.2 Å². The monoisotopic (exact) mass is 331 g/mol. The van der Waals surface area contributed by atoms with Gasteiger partial charge in [0.15, 0.2) is 0 Å². The fourth-order valence-corrected chi connectivity index (χ4v) is 3.98. The SMILES string of the molecule is O=[N+]([O-])c1ccc2ccc3cc4c(c5ccc1c2c35)C=C[C@H](O)[C@H]4O. The summed E-state index contributed by atoms with van der Waals surface area (Å²) in [6.07, 6.45) is 1.48. The Morgan fingerprint density at radius 2 is 1.60 bits per heavy atom. The first-order valence-electron chi connectivity index (χ1n) is 7.99. The zero-order valence-electron chi connectivity index (χ0n) is 13.0. The van der Waals surface area contributed by atoms with Crippen molar-refractivity contribution in [3.05, 3.63) is 69.8 Å². The average Bonchev–Trinajstić information content (AvgIpc) is 2.62. The number of hydrogen-bond donors (Lipinski definition) is 2. The lowest BCUT2D eigenvalue weighted by molar-refractivity contribution is -0.383. The summed E-state index contributed by atoms with van der Waals surface area (Å²) in [7, 11) is 0. The lowest BCUT2D eigenvalue weighted by atomic mass is 9.84. The number of nitrogens with zero attached hydrogens (tertiary/aromatic N) is 1. The van der Waals surface area contributed by atoms with Gasteiger partial charge in [0.05, 0.1) is 10.3 Å². The first-order chi connectivity index (χ1) is 12.1. The van der Waals surface area contributed by atoms with Gasteiger partial charge in [0.25, 0.3) is 5.69 Å². The van der Waals surface area contributed by atoms with Gasteiger partial charge in [0, 0.05) is 11.5 Å². The number of non-ortho nitro benzene ring substituents is 1. The Morgan fingerprint density at radius 1 is 0.920 bits per heavy atom. The van der Waals surface area contributed by atoms with Crippen molar-refractivity contribution in [2.24, 2.45) is 0 Å². The Balaban J connectivity index is 2.02. The van der Waals surface area contributed by atoms with Crippen LogP contribution < -0.4 is 0 Å². The van der Waals surface area contributed by atoms with E-state index < -0.39 is 12.2 Å². The molecule has 122 valence electrons. The lowest BCUT2D eigenvalue weighted by Crippen LogP contribution is -2.19. The van der Waals surface area contributed by atoms with Gasteiger partial charge in [0.2, 0.25) is 0 Å². The van der Waals surface area contributed by atoms with E-state index in [4.69, 9.17) is 0 Å². The van der Waals surface area contributed by atoms with Crippen LogP contribution in [0.25, 0.3) is 38.4 Å². The number of nitro groups is 1. The summed E-state index contributed by atoms with van der Waals surface area (Å²) in [6, 6.07) is 12.7. The van der Waals surface area contributed by atoms with Gasteiger partial charge in [-0.3, -0.25) is 10.1 Å². The highest BCUT2D eigenvalue weighted by Gasteiger charge is 2.26. The molecule has 5 heteroatoms. The van der Waals surface area contributed by atoms with Crippen LogP contribution in [0.4, 0.5) is 5.69 Å². The van der Waals surface area contributed by atoms with Crippen LogP contribution in [-0.2, 0) is 0 Å². The van der Waals surface area contributed by atoms with Crippen LogP contribution in [0.15, 0.2) is 48.5 Å². The van der Waals surface area contributed by atoms with E-state index in [1.54, 1.807) is 18.2 Å². The molecule has 0 amide bonds. The standard InChI is InChI=1S/C20H13NO4/c22-17-8-6-12-13-4-5-14-16(21(24)25)7-3-10-1-2-11(19(13)18(10)14)9-15(12)20(17)23/h1-9,17,20,22-23H/t17-,20-/m0/s1. The molecule has 0 radical (unpaired) electrons. The first-order valence-corrected chi connectivity index (χ1v) is 7.99. The van der Waals surface area contributed by atoms with E-state index in [-0.39, 0.29) is 10.6 Å². The Hall–Kier alpha value is -3.02. The second-order valence-corrected chi connectivity index (χ2v) is 6.44. The van der Waals surface area contributed by atoms with Gasteiger partial charge in [-0.25, -0.2) is 0 Å². The van der Waals surface area contributed by atoms with Crippen LogP contribution in [0.5, 0.6) is 0 Å². The number of rotatable bonds is 1. The van der Waals surface area contributed by atoms with E-state index >= 15 is 0 Å². The molecule has 0 aliphatic heterocycles. The van der Waals surface area contributed by atoms with Gasteiger partial charge < -0.3 is 10.2 Å². The predicted octanol–water partition coefficient (Wildman–Crippen LogP) is 3.91. The first kappa shape index (κ1) is 14.3. The molecule has 5 nitrogen and oxygen atoms in total. The quantitative estimate of drug-likeness (QED) is 0.315. The highest BCUT2D eigenvalue weighted by Crippen LogP contribution is 2.43. The molecule has 0 fully saturated rings. The third-order valence-electron chi connectivity index (χ3n) is 5.13. The Morgan fingerprint density at radius 3 is 2.40 bits per heavy atom. The van der Waals surface area contributed by atoms with Gasteiger partial charge in [-0.1, -0.05) is 30.4 Å². The minimum atomic E-state index is -0.976. The maximum absolute atomic E-state index is 11.4. The van der Waals surface area contributed by atoms with Gasteiger partial charge in [-0.15, -0.1) is 0 Å². The normalized spacial score (nSPS) is 19.8. The van der Waals surface area contributed by atoms with Gasteiger partial charge in [-0.05, 0) is 50.9 Å². The molecule has 0 bridgehead atoms. The minimum absolute atomic E-state index is 0.0885. The maximum Gasteiger partial charge on any atom is 0.277 e. The van der Waals surface area contributed by atoms with E-state index in [0.717, 1.165) is 32.5 Å². The average molecular weight is 331 g/mol. The van der Waals surface area contributed by atoms with Crippen LogP contribution in [-0.4, -0.2) is 21.2 Å². The zero-order valence-corrected chi connectivity index (χ0v) is 13.0. The number of aliphatic hydroxyl groups is 2. The van der Waals surface area contributed by atoms with E-state index in [1.807, 2.05) is 30.3 Å². The molecule has 0 heterocycles. The van der Waals surface area contributed by atoms with Crippen LogP contribution in [0.1, 0.15) is 17.2 Å². The number of aliphatic hydroxyl groups excluding tert-OH is 2. The van der Waals surface area contributed by atoms with E-state index in [0.29, 0.717) is 10.9 Å². The van der Waals surface area contributed by atoms with Crippen molar-refractivity contribution in [1.29, 1.82) is 0 Å². The van der Waals surface area contributed by atoms with Crippen molar-refractivity contribution in [2.75, 3.05) is 0 Å². The van der Waals surface area contributed by atoms with Gasteiger partial charge >= 0.3 is 0 Å². The van der Waals surface area contributed by atoms with Crippen molar-refractivity contribution in [2.45, 2.75) is 12.2 Å². The van der Waals surface area contributed by atoms with E-state index in [1.165, 1.54) is 6.07 Å². The summed E-state index contributed by atoms with van der Waals surface area (Å²) in [5, 5.41) is 36.8. The second kappa shape index (κ2) is 4.75. The summed E-state index contributed by atoms with van der Waals surface area (Å²) in [5.41, 5.74) is 1.62. The predicted molar refractivity (Wildman–Crippen MR) is 96.8 cm³/mol. The van der Waals surface area contributed by atoms with Crippen LogP contribution in [0.2, 0.25) is 0 Å². The molecule has 4 aromatic rings. The number of fused-ring (bicyclic) bond motifs is 2. The summed E-state index contributed by atoms with van der Waals surface area (Å²) in [6.45, 7) is 0. The summed E-state index contributed by atoms with van der Waals surface area (Å²) in [5.74, 6) is 0. The molecule has 2 N–H and O–H groups in total. The summed E-state index contributed by atoms with van der Waals surface area (Å²) >= 11 is 0. The Labute approximate surface area is 141 Å². The molecule has 0 aromatic heterocycles. The van der Waals surface area contributed by atoms with Crippen molar-refractivity contribution in [3.8, 4) is 0 Å².